The summed E-state index contributed by atoms with van der Waals surface area (Å²) in [7, 11) is 1.75. The average Bonchev–Trinajstić information content (AvgIpc) is 1.89. The van der Waals surface area contributed by atoms with Gasteiger partial charge in [0.05, 0.1) is 0 Å². The zero-order valence-corrected chi connectivity index (χ0v) is 6.46. The van der Waals surface area contributed by atoms with Gasteiger partial charge in [0.15, 0.2) is 5.11 Å². The molecule has 0 heterocycles. The van der Waals surface area contributed by atoms with E-state index in [9.17, 15) is 0 Å². The van der Waals surface area contributed by atoms with Gasteiger partial charge in [-0.1, -0.05) is 6.92 Å². The number of nitrogens with one attached hydrogen (secondary N) is 2. The van der Waals surface area contributed by atoms with Crippen LogP contribution in [-0.4, -0.2) is 18.4 Å². The number of hydrazone groups is 1. The summed E-state index contributed by atoms with van der Waals surface area (Å²) in [6.45, 7) is 2.01. The lowest BCUT2D eigenvalue weighted by Crippen LogP contribution is -2.28. The number of thiocarbonyl (C=S) groups is 1. The maximum absolute atomic E-state index is 4.73. The Labute approximate surface area is 60.5 Å². The van der Waals surface area contributed by atoms with Crippen LogP contribution in [0.4, 0.5) is 0 Å². The quantitative estimate of drug-likeness (QED) is 0.337. The van der Waals surface area contributed by atoms with Gasteiger partial charge in [-0.05, 0) is 18.6 Å². The molecule has 0 aliphatic rings. The van der Waals surface area contributed by atoms with Crippen LogP contribution in [0.15, 0.2) is 5.10 Å². The van der Waals surface area contributed by atoms with Crippen molar-refractivity contribution in [2.24, 2.45) is 5.10 Å². The molecule has 0 bridgehead atoms. The van der Waals surface area contributed by atoms with Crippen LogP contribution in [0.1, 0.15) is 13.3 Å². The molecule has 0 saturated heterocycles. The van der Waals surface area contributed by atoms with Gasteiger partial charge in [-0.3, -0.25) is 5.43 Å². The molecule has 0 aromatic rings. The van der Waals surface area contributed by atoms with Crippen molar-refractivity contribution < 1.29 is 0 Å². The van der Waals surface area contributed by atoms with E-state index in [1.165, 1.54) is 0 Å². The maximum Gasteiger partial charge on any atom is 0.186 e. The minimum Gasteiger partial charge on any atom is -0.364 e. The molecular formula is C5H11N3S. The summed E-state index contributed by atoms with van der Waals surface area (Å²) in [5, 5.41) is 7.05. The lowest BCUT2D eigenvalue weighted by Gasteiger charge is -1.97. The van der Waals surface area contributed by atoms with Crippen molar-refractivity contribution in [1.29, 1.82) is 0 Å². The summed E-state index contributed by atoms with van der Waals surface area (Å²) in [4.78, 5) is 0. The largest absolute Gasteiger partial charge is 0.364 e. The van der Waals surface area contributed by atoms with Gasteiger partial charge in [0, 0.05) is 13.3 Å². The van der Waals surface area contributed by atoms with Crippen LogP contribution >= 0.6 is 12.2 Å². The van der Waals surface area contributed by atoms with Crippen molar-refractivity contribution in [2.45, 2.75) is 13.3 Å². The lowest BCUT2D eigenvalue weighted by atomic mass is 10.6. The summed E-state index contributed by atoms with van der Waals surface area (Å²) >= 11 is 4.73. The molecule has 4 heteroatoms. The zero-order chi connectivity index (χ0) is 7.11. The molecule has 0 aliphatic carbocycles. The van der Waals surface area contributed by atoms with E-state index in [1.807, 2.05) is 6.92 Å². The monoisotopic (exact) mass is 145 g/mol. The molecule has 0 spiro atoms. The third-order valence-corrected chi connectivity index (χ3v) is 0.962. The molecule has 0 aromatic heterocycles. The fraction of sp³-hybridized carbons (Fsp3) is 0.600. The second kappa shape index (κ2) is 5.50. The predicted molar refractivity (Wildman–Crippen MR) is 43.6 cm³/mol. The number of hydrogen-bond acceptors (Lipinski definition) is 2. The zero-order valence-electron chi connectivity index (χ0n) is 5.64. The fourth-order valence-electron chi connectivity index (χ4n) is 0.251. The van der Waals surface area contributed by atoms with E-state index in [0.29, 0.717) is 5.11 Å². The maximum atomic E-state index is 4.73. The molecule has 0 aliphatic heterocycles. The molecule has 0 rings (SSSR count). The SMILES string of the molecule is CC/C=N/NC(=S)NC. The molecule has 9 heavy (non-hydrogen) atoms. The predicted octanol–water partition coefficient (Wildman–Crippen LogP) is 0.476. The minimum atomic E-state index is 0.541. The van der Waals surface area contributed by atoms with Gasteiger partial charge in [-0.25, -0.2) is 0 Å². The molecule has 0 aromatic carbocycles. The minimum absolute atomic E-state index is 0.541. The van der Waals surface area contributed by atoms with Crippen molar-refractivity contribution in [3.8, 4) is 0 Å². The standard InChI is InChI=1S/C5H11N3S/c1-3-4-7-8-5(9)6-2/h4H,3H2,1-2H3,(H2,6,8,9)/b7-4+. The van der Waals surface area contributed by atoms with E-state index in [0.717, 1.165) is 6.42 Å². The van der Waals surface area contributed by atoms with E-state index in [1.54, 1.807) is 13.3 Å². The molecule has 0 amide bonds. The molecule has 0 saturated carbocycles. The molecule has 0 fully saturated rings. The number of nitrogens with zero attached hydrogens (tertiary/aromatic N) is 1. The van der Waals surface area contributed by atoms with Gasteiger partial charge < -0.3 is 5.32 Å². The second-order valence-corrected chi connectivity index (χ2v) is 1.82. The molecule has 52 valence electrons. The van der Waals surface area contributed by atoms with Crippen LogP contribution in [0.5, 0.6) is 0 Å². The van der Waals surface area contributed by atoms with Crippen molar-refractivity contribution in [1.82, 2.24) is 10.7 Å². The van der Waals surface area contributed by atoms with Gasteiger partial charge in [0.25, 0.3) is 0 Å². The Balaban J connectivity index is 3.26. The number of rotatable bonds is 2. The highest BCUT2D eigenvalue weighted by Crippen LogP contribution is 1.66. The molecular weight excluding hydrogens is 134 g/mol. The van der Waals surface area contributed by atoms with E-state index in [4.69, 9.17) is 12.2 Å². The molecule has 2 N–H and O–H groups in total. The Morgan fingerprint density at radius 3 is 2.89 bits per heavy atom. The van der Waals surface area contributed by atoms with Crippen LogP contribution in [0.25, 0.3) is 0 Å². The highest BCUT2D eigenvalue weighted by molar-refractivity contribution is 7.80. The lowest BCUT2D eigenvalue weighted by molar-refractivity contribution is 0.974. The molecule has 0 atom stereocenters. The van der Waals surface area contributed by atoms with Crippen molar-refractivity contribution in [3.05, 3.63) is 0 Å². The summed E-state index contributed by atoms with van der Waals surface area (Å²) in [6, 6.07) is 0. The van der Waals surface area contributed by atoms with Gasteiger partial charge in [-0.2, -0.15) is 5.10 Å². The first-order chi connectivity index (χ1) is 4.31. The Bertz CT molecular complexity index is 111. The third-order valence-electron chi connectivity index (χ3n) is 0.667. The number of hydrogen-bond donors (Lipinski definition) is 2. The highest BCUT2D eigenvalue weighted by Gasteiger charge is 1.81. The van der Waals surface area contributed by atoms with Crippen molar-refractivity contribution in [3.63, 3.8) is 0 Å². The van der Waals surface area contributed by atoms with Crippen LogP contribution in [-0.2, 0) is 0 Å². The first-order valence-electron chi connectivity index (χ1n) is 2.80. The van der Waals surface area contributed by atoms with Crippen molar-refractivity contribution >= 4 is 23.5 Å². The smallest absolute Gasteiger partial charge is 0.186 e. The average molecular weight is 145 g/mol. The Kier molecular flexibility index (Phi) is 5.11. The first-order valence-corrected chi connectivity index (χ1v) is 3.21. The second-order valence-electron chi connectivity index (χ2n) is 1.41. The van der Waals surface area contributed by atoms with E-state index in [-0.39, 0.29) is 0 Å². The molecule has 3 nitrogen and oxygen atoms in total. The summed E-state index contributed by atoms with van der Waals surface area (Å²) in [5.74, 6) is 0. The fourth-order valence-corrected chi connectivity index (χ4v) is 0.304. The normalized spacial score (nSPS) is 9.56. The summed E-state index contributed by atoms with van der Waals surface area (Å²) in [5.41, 5.74) is 2.62. The summed E-state index contributed by atoms with van der Waals surface area (Å²) < 4.78 is 0. The van der Waals surface area contributed by atoms with E-state index >= 15 is 0 Å². The topological polar surface area (TPSA) is 36.4 Å². The van der Waals surface area contributed by atoms with Crippen LogP contribution in [0, 0.1) is 0 Å². The van der Waals surface area contributed by atoms with Gasteiger partial charge >= 0.3 is 0 Å². The van der Waals surface area contributed by atoms with Gasteiger partial charge in [0.2, 0.25) is 0 Å². The van der Waals surface area contributed by atoms with Crippen molar-refractivity contribution in [2.75, 3.05) is 7.05 Å². The molecule has 0 radical (unpaired) electrons. The third kappa shape index (κ3) is 5.23. The Morgan fingerprint density at radius 2 is 2.44 bits per heavy atom. The molecule has 0 unspecified atom stereocenters. The Morgan fingerprint density at radius 1 is 1.78 bits per heavy atom. The first kappa shape index (κ1) is 8.36. The summed E-state index contributed by atoms with van der Waals surface area (Å²) in [6.07, 6.45) is 2.67. The van der Waals surface area contributed by atoms with E-state index in [2.05, 4.69) is 15.8 Å². The van der Waals surface area contributed by atoms with Gasteiger partial charge in [0.1, 0.15) is 0 Å². The highest BCUT2D eigenvalue weighted by atomic mass is 32.1. The Hall–Kier alpha value is -0.640. The van der Waals surface area contributed by atoms with Crippen LogP contribution < -0.4 is 10.7 Å². The van der Waals surface area contributed by atoms with Crippen LogP contribution in [0.2, 0.25) is 0 Å². The van der Waals surface area contributed by atoms with Crippen LogP contribution in [0.3, 0.4) is 0 Å². The van der Waals surface area contributed by atoms with E-state index < -0.39 is 0 Å². The van der Waals surface area contributed by atoms with Gasteiger partial charge in [-0.15, -0.1) is 0 Å².